The maximum atomic E-state index is 12.2. The van der Waals surface area contributed by atoms with Crippen LogP contribution in [0.15, 0.2) is 6.33 Å². The first-order chi connectivity index (χ1) is 9.94. The fraction of sp³-hybridized carbons (Fsp3) is 0.750. The molecule has 2 heterocycles. The summed E-state index contributed by atoms with van der Waals surface area (Å²) in [5.41, 5.74) is 5.12. The van der Waals surface area contributed by atoms with E-state index in [1.165, 1.54) is 10.6 Å². The highest BCUT2D eigenvalue weighted by atomic mass is 32.2. The summed E-state index contributed by atoms with van der Waals surface area (Å²) in [6, 6.07) is -0.101. The van der Waals surface area contributed by atoms with Crippen molar-refractivity contribution in [2.24, 2.45) is 5.73 Å². The molecule has 118 valence electrons. The van der Waals surface area contributed by atoms with Crippen LogP contribution in [0.1, 0.15) is 49.3 Å². The van der Waals surface area contributed by atoms with E-state index in [9.17, 15) is 13.2 Å². The van der Waals surface area contributed by atoms with E-state index in [0.29, 0.717) is 19.5 Å². The van der Waals surface area contributed by atoms with Crippen molar-refractivity contribution in [3.05, 3.63) is 12.2 Å². The molecular weight excluding hydrogens is 294 g/mol. The van der Waals surface area contributed by atoms with Gasteiger partial charge in [-0.25, -0.2) is 18.1 Å². The van der Waals surface area contributed by atoms with Crippen molar-refractivity contribution in [2.45, 2.75) is 38.6 Å². The van der Waals surface area contributed by atoms with Crippen molar-refractivity contribution in [2.75, 3.05) is 18.8 Å². The summed E-state index contributed by atoms with van der Waals surface area (Å²) in [6.45, 7) is 2.88. The molecule has 1 atom stereocenters. The Morgan fingerprint density at radius 1 is 1.52 bits per heavy atom. The Balaban J connectivity index is 2.08. The number of sulfonamides is 1. The minimum atomic E-state index is -3.22. The smallest absolute Gasteiger partial charge is 0.288 e. The number of rotatable bonds is 6. The molecule has 1 aromatic heterocycles. The highest BCUT2D eigenvalue weighted by Crippen LogP contribution is 2.23. The van der Waals surface area contributed by atoms with E-state index in [2.05, 4.69) is 10.1 Å². The standard InChI is InChI=1S/C12H21N5O3S/c1-2-3-7-21(19,20)16-6-4-5-10(8-16)17-9-14-12(15-17)11(13)18/h9-10H,2-8H2,1H3,(H2,13,18). The molecule has 1 aliphatic heterocycles. The third kappa shape index (κ3) is 3.79. The van der Waals surface area contributed by atoms with E-state index in [1.807, 2.05) is 6.92 Å². The molecule has 8 nitrogen and oxygen atoms in total. The zero-order valence-electron chi connectivity index (χ0n) is 12.1. The number of nitrogens with zero attached hydrogens (tertiary/aromatic N) is 4. The van der Waals surface area contributed by atoms with Crippen LogP contribution in [0.5, 0.6) is 0 Å². The van der Waals surface area contributed by atoms with Crippen LogP contribution >= 0.6 is 0 Å². The van der Waals surface area contributed by atoms with Crippen LogP contribution < -0.4 is 5.73 Å². The normalized spacial score (nSPS) is 20.5. The predicted octanol–water partition coefficient (Wildman–Crippen LogP) is 0.144. The van der Waals surface area contributed by atoms with Gasteiger partial charge in [0.05, 0.1) is 11.8 Å². The van der Waals surface area contributed by atoms with E-state index >= 15 is 0 Å². The quantitative estimate of drug-likeness (QED) is 0.803. The van der Waals surface area contributed by atoms with Crippen LogP contribution in [0, 0.1) is 0 Å². The van der Waals surface area contributed by atoms with Gasteiger partial charge in [0.25, 0.3) is 5.91 Å². The number of primary amides is 1. The van der Waals surface area contributed by atoms with Crippen molar-refractivity contribution >= 4 is 15.9 Å². The predicted molar refractivity (Wildman–Crippen MR) is 77.1 cm³/mol. The van der Waals surface area contributed by atoms with Gasteiger partial charge in [-0.15, -0.1) is 5.10 Å². The van der Waals surface area contributed by atoms with Crippen LogP contribution in [-0.4, -0.2) is 52.2 Å². The van der Waals surface area contributed by atoms with Gasteiger partial charge >= 0.3 is 0 Å². The Morgan fingerprint density at radius 2 is 2.29 bits per heavy atom. The molecule has 21 heavy (non-hydrogen) atoms. The fourth-order valence-corrected chi connectivity index (χ4v) is 4.13. The molecule has 0 aliphatic carbocycles. The van der Waals surface area contributed by atoms with Crippen LogP contribution in [0.3, 0.4) is 0 Å². The summed E-state index contributed by atoms with van der Waals surface area (Å²) in [6.07, 6.45) is 4.52. The Morgan fingerprint density at radius 3 is 2.90 bits per heavy atom. The lowest BCUT2D eigenvalue weighted by atomic mass is 10.1. The zero-order chi connectivity index (χ0) is 15.5. The number of unbranched alkanes of at least 4 members (excludes halogenated alkanes) is 1. The summed E-state index contributed by atoms with van der Waals surface area (Å²) in [5, 5.41) is 4.02. The second-order valence-corrected chi connectivity index (χ2v) is 7.32. The van der Waals surface area contributed by atoms with Crippen LogP contribution in [0.4, 0.5) is 0 Å². The zero-order valence-corrected chi connectivity index (χ0v) is 12.9. The summed E-state index contributed by atoms with van der Waals surface area (Å²) in [5.74, 6) is -0.543. The Bertz CT molecular complexity index is 598. The van der Waals surface area contributed by atoms with Crippen LogP contribution in [0.2, 0.25) is 0 Å². The number of nitrogens with two attached hydrogens (primary N) is 1. The van der Waals surface area contributed by atoms with Crippen molar-refractivity contribution in [1.82, 2.24) is 19.1 Å². The Labute approximate surface area is 124 Å². The van der Waals surface area contributed by atoms with Crippen molar-refractivity contribution < 1.29 is 13.2 Å². The van der Waals surface area contributed by atoms with E-state index in [4.69, 9.17) is 5.73 Å². The topological polar surface area (TPSA) is 111 Å². The van der Waals surface area contributed by atoms with Crippen LogP contribution in [-0.2, 0) is 10.0 Å². The SMILES string of the molecule is CCCCS(=O)(=O)N1CCCC(n2cnc(C(N)=O)n2)C1. The maximum absolute atomic E-state index is 12.2. The van der Waals surface area contributed by atoms with E-state index in [1.54, 1.807) is 4.68 Å². The van der Waals surface area contributed by atoms with Gasteiger partial charge in [-0.3, -0.25) is 4.79 Å². The van der Waals surface area contributed by atoms with E-state index in [0.717, 1.165) is 19.3 Å². The summed E-state index contributed by atoms with van der Waals surface area (Å²) >= 11 is 0. The number of carbonyl (C=O) groups excluding carboxylic acids is 1. The molecular formula is C12H21N5O3S. The second kappa shape index (κ2) is 6.52. The lowest BCUT2D eigenvalue weighted by molar-refractivity contribution is 0.0989. The Hall–Kier alpha value is -1.48. The maximum Gasteiger partial charge on any atom is 0.288 e. The van der Waals surface area contributed by atoms with Gasteiger partial charge in [-0.05, 0) is 19.3 Å². The molecule has 2 rings (SSSR count). The molecule has 1 amide bonds. The minimum Gasteiger partial charge on any atom is -0.363 e. The van der Waals surface area contributed by atoms with Crippen molar-refractivity contribution in [3.8, 4) is 0 Å². The van der Waals surface area contributed by atoms with Crippen molar-refractivity contribution in [1.29, 1.82) is 0 Å². The second-order valence-electron chi connectivity index (χ2n) is 5.24. The van der Waals surface area contributed by atoms with E-state index < -0.39 is 15.9 Å². The van der Waals surface area contributed by atoms with Gasteiger partial charge in [-0.2, -0.15) is 4.31 Å². The first kappa shape index (κ1) is 15.9. The molecule has 2 N–H and O–H groups in total. The summed E-state index contributed by atoms with van der Waals surface area (Å²) < 4.78 is 27.5. The largest absolute Gasteiger partial charge is 0.363 e. The number of aromatic nitrogens is 3. The van der Waals surface area contributed by atoms with E-state index in [-0.39, 0.29) is 17.6 Å². The fourth-order valence-electron chi connectivity index (χ4n) is 2.41. The molecule has 1 unspecified atom stereocenters. The first-order valence-electron chi connectivity index (χ1n) is 7.13. The molecule has 1 fully saturated rings. The Kier molecular flexibility index (Phi) is 4.94. The third-order valence-corrected chi connectivity index (χ3v) is 5.53. The molecule has 1 saturated heterocycles. The highest BCUT2D eigenvalue weighted by Gasteiger charge is 2.30. The highest BCUT2D eigenvalue weighted by molar-refractivity contribution is 7.89. The van der Waals surface area contributed by atoms with Crippen LogP contribution in [0.25, 0.3) is 0 Å². The average Bonchev–Trinajstić information content (AvgIpc) is 2.95. The van der Waals surface area contributed by atoms with Gasteiger partial charge in [0, 0.05) is 13.1 Å². The molecule has 0 aromatic carbocycles. The number of amides is 1. The lowest BCUT2D eigenvalue weighted by Crippen LogP contribution is -2.41. The molecule has 0 spiro atoms. The molecule has 0 saturated carbocycles. The molecule has 0 bridgehead atoms. The van der Waals surface area contributed by atoms with Gasteiger partial charge in [0.2, 0.25) is 15.8 Å². The number of hydrogen-bond donors (Lipinski definition) is 1. The lowest BCUT2D eigenvalue weighted by Gasteiger charge is -2.31. The number of hydrogen-bond acceptors (Lipinski definition) is 5. The van der Waals surface area contributed by atoms with Crippen molar-refractivity contribution in [3.63, 3.8) is 0 Å². The summed E-state index contributed by atoms with van der Waals surface area (Å²) in [7, 11) is -3.22. The number of carbonyl (C=O) groups is 1. The van der Waals surface area contributed by atoms with Gasteiger partial charge < -0.3 is 5.73 Å². The minimum absolute atomic E-state index is 0.0408. The molecule has 0 radical (unpaired) electrons. The molecule has 1 aromatic rings. The first-order valence-corrected chi connectivity index (χ1v) is 8.73. The molecule has 1 aliphatic rings. The monoisotopic (exact) mass is 315 g/mol. The van der Waals surface area contributed by atoms with Gasteiger partial charge in [-0.1, -0.05) is 13.3 Å². The summed E-state index contributed by atoms with van der Waals surface area (Å²) in [4.78, 5) is 14.9. The third-order valence-electron chi connectivity index (χ3n) is 3.61. The average molecular weight is 315 g/mol. The van der Waals surface area contributed by atoms with Gasteiger partial charge in [0.1, 0.15) is 6.33 Å². The van der Waals surface area contributed by atoms with Gasteiger partial charge in [0.15, 0.2) is 0 Å². The molecule has 9 heteroatoms. The number of piperidine rings is 1.